The van der Waals surface area contributed by atoms with Crippen molar-refractivity contribution in [2.24, 2.45) is 17.8 Å². The highest BCUT2D eigenvalue weighted by atomic mass is 15.3. The molecule has 2 aliphatic rings. The third kappa shape index (κ3) is 2.14. The molecule has 2 aliphatic carbocycles. The van der Waals surface area contributed by atoms with Crippen molar-refractivity contribution in [3.05, 3.63) is 24.3 Å². The van der Waals surface area contributed by atoms with Crippen LogP contribution in [0.25, 0.3) is 0 Å². The third-order valence-corrected chi connectivity index (χ3v) is 4.14. The maximum absolute atomic E-state index is 4.14. The first-order chi connectivity index (χ1) is 8.36. The van der Waals surface area contributed by atoms with Crippen LogP contribution in [0.1, 0.15) is 25.6 Å². The van der Waals surface area contributed by atoms with Crippen LogP contribution >= 0.6 is 0 Å². The van der Waals surface area contributed by atoms with Gasteiger partial charge in [-0.3, -0.25) is 0 Å². The molecule has 0 saturated heterocycles. The van der Waals surface area contributed by atoms with Crippen molar-refractivity contribution in [2.75, 3.05) is 6.54 Å². The Kier molecular flexibility index (Phi) is 2.97. The smallest absolute Gasteiger partial charge is 0.146 e. The van der Waals surface area contributed by atoms with Crippen molar-refractivity contribution in [1.29, 1.82) is 0 Å². The van der Waals surface area contributed by atoms with Gasteiger partial charge in [0.05, 0.1) is 6.54 Å². The Hall–Kier alpha value is -1.16. The molecular formula is C13H20N4. The Balaban J connectivity index is 1.48. The standard InChI is InChI=1S/C13H20N4/c1-2-17-9-15-16-13(17)8-14-7-12-6-10-3-4-11(12)5-10/h3-4,9-12,14H,2,5-8H2,1H3. The number of aromatic nitrogens is 3. The summed E-state index contributed by atoms with van der Waals surface area (Å²) >= 11 is 0. The van der Waals surface area contributed by atoms with Gasteiger partial charge in [-0.1, -0.05) is 12.2 Å². The summed E-state index contributed by atoms with van der Waals surface area (Å²) in [6.07, 6.45) is 9.37. The van der Waals surface area contributed by atoms with Gasteiger partial charge in [0.1, 0.15) is 12.2 Å². The molecule has 1 aromatic rings. The van der Waals surface area contributed by atoms with E-state index in [-0.39, 0.29) is 0 Å². The summed E-state index contributed by atoms with van der Waals surface area (Å²) in [6, 6.07) is 0. The summed E-state index contributed by atoms with van der Waals surface area (Å²) in [5.41, 5.74) is 0. The molecule has 2 bridgehead atoms. The molecule has 0 radical (unpaired) electrons. The van der Waals surface area contributed by atoms with Crippen LogP contribution in [0, 0.1) is 17.8 Å². The highest BCUT2D eigenvalue weighted by Crippen LogP contribution is 2.42. The highest BCUT2D eigenvalue weighted by molar-refractivity contribution is 5.10. The fourth-order valence-electron chi connectivity index (χ4n) is 3.18. The quantitative estimate of drug-likeness (QED) is 0.784. The van der Waals surface area contributed by atoms with Crippen molar-refractivity contribution >= 4 is 0 Å². The molecule has 1 saturated carbocycles. The largest absolute Gasteiger partial charge is 0.317 e. The molecule has 3 rings (SSSR count). The summed E-state index contributed by atoms with van der Waals surface area (Å²) in [4.78, 5) is 0. The van der Waals surface area contributed by atoms with Crippen LogP contribution in [0.5, 0.6) is 0 Å². The van der Waals surface area contributed by atoms with E-state index in [1.165, 1.54) is 12.8 Å². The predicted molar refractivity (Wildman–Crippen MR) is 66.2 cm³/mol. The molecule has 1 aromatic heterocycles. The molecule has 4 heteroatoms. The number of hydrogen-bond donors (Lipinski definition) is 1. The number of aryl methyl sites for hydroxylation is 1. The lowest BCUT2D eigenvalue weighted by Gasteiger charge is -2.18. The molecule has 1 fully saturated rings. The highest BCUT2D eigenvalue weighted by Gasteiger charge is 2.34. The SMILES string of the molecule is CCn1cnnc1CNCC1CC2C=CC1C2. The minimum absolute atomic E-state index is 0.830. The molecule has 0 aromatic carbocycles. The molecule has 4 nitrogen and oxygen atoms in total. The second-order valence-corrected chi connectivity index (χ2v) is 5.20. The van der Waals surface area contributed by atoms with Crippen molar-refractivity contribution < 1.29 is 0 Å². The van der Waals surface area contributed by atoms with E-state index in [9.17, 15) is 0 Å². The fourth-order valence-corrected chi connectivity index (χ4v) is 3.18. The monoisotopic (exact) mass is 232 g/mol. The minimum atomic E-state index is 0.830. The maximum atomic E-state index is 4.14. The Labute approximate surface area is 102 Å². The Morgan fingerprint density at radius 1 is 1.41 bits per heavy atom. The Morgan fingerprint density at radius 2 is 2.35 bits per heavy atom. The molecule has 1 N–H and O–H groups in total. The van der Waals surface area contributed by atoms with E-state index in [2.05, 4.69) is 39.2 Å². The van der Waals surface area contributed by atoms with Gasteiger partial charge in [0.15, 0.2) is 0 Å². The number of nitrogens with one attached hydrogen (secondary N) is 1. The summed E-state index contributed by atoms with van der Waals surface area (Å²) < 4.78 is 2.09. The fraction of sp³-hybridized carbons (Fsp3) is 0.692. The Bertz CT molecular complexity index is 409. The molecule has 17 heavy (non-hydrogen) atoms. The first kappa shape index (κ1) is 11.0. The van der Waals surface area contributed by atoms with Crippen LogP contribution in [0.3, 0.4) is 0 Å². The molecule has 3 atom stereocenters. The zero-order valence-electron chi connectivity index (χ0n) is 10.3. The van der Waals surface area contributed by atoms with Crippen LogP contribution in [0.4, 0.5) is 0 Å². The van der Waals surface area contributed by atoms with Gasteiger partial charge in [0.25, 0.3) is 0 Å². The number of hydrogen-bond acceptors (Lipinski definition) is 3. The summed E-state index contributed by atoms with van der Waals surface area (Å²) in [5, 5.41) is 11.6. The molecule has 0 spiro atoms. The normalized spacial score (nSPS) is 30.3. The van der Waals surface area contributed by atoms with Gasteiger partial charge in [-0.05, 0) is 44.1 Å². The summed E-state index contributed by atoms with van der Waals surface area (Å²) in [5.74, 6) is 3.58. The van der Waals surface area contributed by atoms with Crippen molar-refractivity contribution in [2.45, 2.75) is 32.9 Å². The van der Waals surface area contributed by atoms with Crippen molar-refractivity contribution in [3.63, 3.8) is 0 Å². The van der Waals surface area contributed by atoms with E-state index in [1.807, 2.05) is 0 Å². The molecular weight excluding hydrogens is 212 g/mol. The van der Waals surface area contributed by atoms with Crippen LogP contribution in [-0.4, -0.2) is 21.3 Å². The van der Waals surface area contributed by atoms with Gasteiger partial charge in [-0.2, -0.15) is 0 Å². The van der Waals surface area contributed by atoms with E-state index in [4.69, 9.17) is 0 Å². The number of nitrogens with zero attached hydrogens (tertiary/aromatic N) is 3. The van der Waals surface area contributed by atoms with Crippen molar-refractivity contribution in [3.8, 4) is 0 Å². The van der Waals surface area contributed by atoms with Gasteiger partial charge < -0.3 is 9.88 Å². The van der Waals surface area contributed by atoms with E-state index < -0.39 is 0 Å². The molecule has 3 unspecified atom stereocenters. The number of allylic oxidation sites excluding steroid dienone is 2. The molecule has 0 aliphatic heterocycles. The first-order valence-corrected chi connectivity index (χ1v) is 6.62. The summed E-state index contributed by atoms with van der Waals surface area (Å²) in [7, 11) is 0. The van der Waals surface area contributed by atoms with Gasteiger partial charge in [-0.25, -0.2) is 0 Å². The van der Waals surface area contributed by atoms with E-state index >= 15 is 0 Å². The number of fused-ring (bicyclic) bond motifs is 2. The van der Waals surface area contributed by atoms with Gasteiger partial charge in [0, 0.05) is 6.54 Å². The van der Waals surface area contributed by atoms with E-state index in [0.29, 0.717) is 0 Å². The minimum Gasteiger partial charge on any atom is -0.317 e. The lowest BCUT2D eigenvalue weighted by Crippen LogP contribution is -2.26. The van der Waals surface area contributed by atoms with Crippen LogP contribution in [0.2, 0.25) is 0 Å². The van der Waals surface area contributed by atoms with Gasteiger partial charge in [-0.15, -0.1) is 10.2 Å². The zero-order valence-corrected chi connectivity index (χ0v) is 10.3. The predicted octanol–water partition coefficient (Wildman–Crippen LogP) is 1.60. The third-order valence-electron chi connectivity index (χ3n) is 4.14. The van der Waals surface area contributed by atoms with Crippen LogP contribution < -0.4 is 5.32 Å². The van der Waals surface area contributed by atoms with E-state index in [0.717, 1.165) is 43.2 Å². The van der Waals surface area contributed by atoms with Crippen LogP contribution in [-0.2, 0) is 13.1 Å². The van der Waals surface area contributed by atoms with Gasteiger partial charge in [0.2, 0.25) is 0 Å². The molecule has 92 valence electrons. The molecule has 1 heterocycles. The lowest BCUT2D eigenvalue weighted by atomic mass is 9.94. The maximum Gasteiger partial charge on any atom is 0.146 e. The summed E-state index contributed by atoms with van der Waals surface area (Å²) in [6.45, 7) is 5.02. The van der Waals surface area contributed by atoms with Crippen LogP contribution in [0.15, 0.2) is 18.5 Å². The molecule has 0 amide bonds. The van der Waals surface area contributed by atoms with Gasteiger partial charge >= 0.3 is 0 Å². The lowest BCUT2D eigenvalue weighted by molar-refractivity contribution is 0.409. The topological polar surface area (TPSA) is 42.7 Å². The average molecular weight is 232 g/mol. The average Bonchev–Trinajstić information content (AvgIpc) is 3.04. The first-order valence-electron chi connectivity index (χ1n) is 6.62. The van der Waals surface area contributed by atoms with E-state index in [1.54, 1.807) is 6.33 Å². The Morgan fingerprint density at radius 3 is 3.06 bits per heavy atom. The second-order valence-electron chi connectivity index (χ2n) is 5.20. The number of rotatable bonds is 5. The second kappa shape index (κ2) is 4.61. The zero-order chi connectivity index (χ0) is 11.7. The van der Waals surface area contributed by atoms with Crippen molar-refractivity contribution in [1.82, 2.24) is 20.1 Å².